The number of amides is 1. The first kappa shape index (κ1) is 12.9. The Morgan fingerprint density at radius 3 is 2.94 bits per heavy atom. The average molecular weight is 251 g/mol. The average Bonchev–Trinajstić information content (AvgIpc) is 2.45. The minimum atomic E-state index is -0.350. The van der Waals surface area contributed by atoms with Crippen LogP contribution < -0.4 is 10.2 Å². The Balaban J connectivity index is 1.90. The molecule has 98 valence electrons. The third-order valence-electron chi connectivity index (χ3n) is 2.77. The highest BCUT2D eigenvalue weighted by Crippen LogP contribution is 2.17. The van der Waals surface area contributed by atoms with E-state index in [-0.39, 0.29) is 12.2 Å². The van der Waals surface area contributed by atoms with E-state index in [9.17, 15) is 4.79 Å². The van der Waals surface area contributed by atoms with Crippen LogP contribution in [0.1, 0.15) is 29.6 Å². The molecule has 0 unspecified atom stereocenters. The van der Waals surface area contributed by atoms with E-state index in [0.29, 0.717) is 17.9 Å². The van der Waals surface area contributed by atoms with Crippen LogP contribution in [-0.2, 0) is 9.57 Å². The summed E-state index contributed by atoms with van der Waals surface area (Å²) < 4.78 is 10.5. The molecule has 1 amide bonds. The SMILES string of the molecule is COc1ccccc1C(=O)NO[C@@H]1CCCCO1. The van der Waals surface area contributed by atoms with E-state index in [1.807, 2.05) is 0 Å². The molecule has 0 aromatic heterocycles. The van der Waals surface area contributed by atoms with Gasteiger partial charge >= 0.3 is 0 Å². The van der Waals surface area contributed by atoms with E-state index < -0.39 is 0 Å². The van der Waals surface area contributed by atoms with Crippen LogP contribution in [0.4, 0.5) is 0 Å². The fourth-order valence-electron chi connectivity index (χ4n) is 1.81. The zero-order valence-corrected chi connectivity index (χ0v) is 10.3. The number of rotatable bonds is 4. The molecule has 1 aromatic carbocycles. The van der Waals surface area contributed by atoms with Gasteiger partial charge in [0.05, 0.1) is 12.7 Å². The molecule has 0 spiro atoms. The van der Waals surface area contributed by atoms with Gasteiger partial charge in [0, 0.05) is 13.0 Å². The summed E-state index contributed by atoms with van der Waals surface area (Å²) in [6.45, 7) is 0.676. The molecule has 1 aromatic rings. The first-order valence-electron chi connectivity index (χ1n) is 6.02. The maximum absolute atomic E-state index is 11.9. The highest BCUT2D eigenvalue weighted by Gasteiger charge is 2.17. The van der Waals surface area contributed by atoms with Crippen molar-refractivity contribution in [3.63, 3.8) is 0 Å². The smallest absolute Gasteiger partial charge is 0.278 e. The summed E-state index contributed by atoms with van der Waals surface area (Å²) in [5.41, 5.74) is 2.84. The molecular weight excluding hydrogens is 234 g/mol. The maximum atomic E-state index is 11.9. The first-order chi connectivity index (χ1) is 8.81. The normalized spacial score (nSPS) is 19.3. The molecule has 1 saturated heterocycles. The summed E-state index contributed by atoms with van der Waals surface area (Å²) >= 11 is 0. The molecular formula is C13H17NO4. The van der Waals surface area contributed by atoms with Crippen LogP contribution >= 0.6 is 0 Å². The predicted octanol–water partition coefficient (Wildman–Crippen LogP) is 1.88. The summed E-state index contributed by atoms with van der Waals surface area (Å²) in [7, 11) is 1.53. The van der Waals surface area contributed by atoms with E-state index >= 15 is 0 Å². The van der Waals surface area contributed by atoms with Crippen LogP contribution in [-0.4, -0.2) is 25.9 Å². The van der Waals surface area contributed by atoms with Crippen LogP contribution in [0.5, 0.6) is 5.75 Å². The first-order valence-corrected chi connectivity index (χ1v) is 6.02. The number of para-hydroxylation sites is 1. The fourth-order valence-corrected chi connectivity index (χ4v) is 1.81. The molecule has 5 heteroatoms. The third kappa shape index (κ3) is 3.21. The van der Waals surface area contributed by atoms with Crippen molar-refractivity contribution in [1.29, 1.82) is 0 Å². The lowest BCUT2D eigenvalue weighted by atomic mass is 10.2. The molecule has 1 aliphatic rings. The zero-order chi connectivity index (χ0) is 12.8. The largest absolute Gasteiger partial charge is 0.496 e. The van der Waals surface area contributed by atoms with Crippen molar-refractivity contribution in [1.82, 2.24) is 5.48 Å². The van der Waals surface area contributed by atoms with Crippen molar-refractivity contribution in [3.05, 3.63) is 29.8 Å². The monoisotopic (exact) mass is 251 g/mol. The lowest BCUT2D eigenvalue weighted by molar-refractivity contribution is -0.186. The maximum Gasteiger partial charge on any atom is 0.278 e. The Labute approximate surface area is 106 Å². The van der Waals surface area contributed by atoms with Crippen molar-refractivity contribution in [2.75, 3.05) is 13.7 Å². The molecule has 0 radical (unpaired) electrons. The number of hydrogen-bond acceptors (Lipinski definition) is 4. The van der Waals surface area contributed by atoms with Crippen molar-refractivity contribution in [2.45, 2.75) is 25.6 Å². The van der Waals surface area contributed by atoms with Crippen LogP contribution in [0.15, 0.2) is 24.3 Å². The van der Waals surface area contributed by atoms with Crippen molar-refractivity contribution >= 4 is 5.91 Å². The molecule has 0 bridgehead atoms. The Morgan fingerprint density at radius 1 is 1.39 bits per heavy atom. The highest BCUT2D eigenvalue weighted by atomic mass is 16.8. The van der Waals surface area contributed by atoms with Crippen LogP contribution in [0.25, 0.3) is 0 Å². The van der Waals surface area contributed by atoms with Gasteiger partial charge in [0.15, 0.2) is 6.29 Å². The number of benzene rings is 1. The number of methoxy groups -OCH3 is 1. The van der Waals surface area contributed by atoms with E-state index in [0.717, 1.165) is 19.3 Å². The van der Waals surface area contributed by atoms with Crippen LogP contribution in [0.2, 0.25) is 0 Å². The van der Waals surface area contributed by atoms with Gasteiger partial charge in [-0.1, -0.05) is 12.1 Å². The summed E-state index contributed by atoms with van der Waals surface area (Å²) in [5, 5.41) is 0. The van der Waals surface area contributed by atoms with Gasteiger partial charge in [-0.05, 0) is 25.0 Å². The summed E-state index contributed by atoms with van der Waals surface area (Å²) in [6.07, 6.45) is 2.54. The molecule has 5 nitrogen and oxygen atoms in total. The third-order valence-corrected chi connectivity index (χ3v) is 2.77. The van der Waals surface area contributed by atoms with E-state index in [2.05, 4.69) is 5.48 Å². The van der Waals surface area contributed by atoms with Gasteiger partial charge in [0.25, 0.3) is 5.91 Å². The second-order valence-corrected chi connectivity index (χ2v) is 4.05. The number of ether oxygens (including phenoxy) is 2. The molecule has 1 aliphatic heterocycles. The Bertz CT molecular complexity index is 402. The number of hydroxylamine groups is 1. The number of hydrogen-bond donors (Lipinski definition) is 1. The lowest BCUT2D eigenvalue weighted by Gasteiger charge is -2.22. The molecule has 1 N–H and O–H groups in total. The Hall–Kier alpha value is -1.59. The highest BCUT2D eigenvalue weighted by molar-refractivity contribution is 5.96. The molecule has 2 rings (SSSR count). The number of carbonyl (C=O) groups excluding carboxylic acids is 1. The van der Waals surface area contributed by atoms with E-state index in [1.165, 1.54) is 7.11 Å². The Kier molecular flexibility index (Phi) is 4.55. The van der Waals surface area contributed by atoms with Gasteiger partial charge < -0.3 is 9.47 Å². The van der Waals surface area contributed by atoms with Gasteiger partial charge in [-0.25, -0.2) is 10.3 Å². The number of carbonyl (C=O) groups is 1. The summed E-state index contributed by atoms with van der Waals surface area (Å²) in [6, 6.07) is 6.99. The van der Waals surface area contributed by atoms with Crippen LogP contribution in [0.3, 0.4) is 0 Å². The summed E-state index contributed by atoms with van der Waals surface area (Å²) in [5.74, 6) is 0.185. The standard InChI is InChI=1S/C13H17NO4/c1-16-11-7-3-2-6-10(11)13(15)14-18-12-8-4-5-9-17-12/h2-3,6-7,12H,4-5,8-9H2,1H3,(H,14,15)/t12-/m1/s1. The Morgan fingerprint density at radius 2 is 2.22 bits per heavy atom. The van der Waals surface area contributed by atoms with Gasteiger partial charge in [0.1, 0.15) is 5.75 Å². The van der Waals surface area contributed by atoms with Crippen LogP contribution in [0, 0.1) is 0 Å². The minimum absolute atomic E-state index is 0.332. The van der Waals surface area contributed by atoms with E-state index in [1.54, 1.807) is 24.3 Å². The molecule has 1 atom stereocenters. The summed E-state index contributed by atoms with van der Waals surface area (Å²) in [4.78, 5) is 17.1. The molecule has 0 saturated carbocycles. The fraction of sp³-hybridized carbons (Fsp3) is 0.462. The molecule has 1 fully saturated rings. The second-order valence-electron chi connectivity index (χ2n) is 4.05. The predicted molar refractivity (Wildman–Crippen MR) is 65.1 cm³/mol. The molecule has 1 heterocycles. The van der Waals surface area contributed by atoms with Crippen molar-refractivity contribution < 1.29 is 19.1 Å². The van der Waals surface area contributed by atoms with Crippen molar-refractivity contribution in [2.24, 2.45) is 0 Å². The number of nitrogens with one attached hydrogen (secondary N) is 1. The topological polar surface area (TPSA) is 56.8 Å². The quantitative estimate of drug-likeness (QED) is 0.830. The molecule has 0 aliphatic carbocycles. The van der Waals surface area contributed by atoms with E-state index in [4.69, 9.17) is 14.3 Å². The minimum Gasteiger partial charge on any atom is -0.496 e. The zero-order valence-electron chi connectivity index (χ0n) is 10.3. The second kappa shape index (κ2) is 6.37. The van der Waals surface area contributed by atoms with Crippen molar-refractivity contribution in [3.8, 4) is 5.75 Å². The molecule has 18 heavy (non-hydrogen) atoms. The van der Waals surface area contributed by atoms with Gasteiger partial charge in [-0.2, -0.15) is 0 Å². The van der Waals surface area contributed by atoms with Gasteiger partial charge in [-0.15, -0.1) is 0 Å². The van der Waals surface area contributed by atoms with Gasteiger partial charge in [0.2, 0.25) is 0 Å². The lowest BCUT2D eigenvalue weighted by Crippen LogP contribution is -2.33. The van der Waals surface area contributed by atoms with Gasteiger partial charge in [-0.3, -0.25) is 4.79 Å².